The molecule has 10 heavy (non-hydrogen) atoms. The maximum Gasteiger partial charge on any atom is 0.224 e. The summed E-state index contributed by atoms with van der Waals surface area (Å²) in [4.78, 5) is 11.5. The zero-order valence-corrected chi connectivity index (χ0v) is 6.83. The van der Waals surface area contributed by atoms with E-state index in [4.69, 9.17) is 0 Å². The Morgan fingerprint density at radius 3 is 2.80 bits per heavy atom. The molecule has 0 heterocycles. The zero-order valence-electron chi connectivity index (χ0n) is 6.02. The predicted molar refractivity (Wildman–Crippen MR) is 45.6 cm³/mol. The fourth-order valence-electron chi connectivity index (χ4n) is 0.427. The molecule has 0 fully saturated rings. The average molecular weight is 157 g/mol. The summed E-state index contributed by atoms with van der Waals surface area (Å²) in [6.07, 6.45) is 0.368. The average Bonchev–Trinajstić information content (AvgIpc) is 1.88. The van der Waals surface area contributed by atoms with E-state index < -0.39 is 0 Å². The van der Waals surface area contributed by atoms with Gasteiger partial charge >= 0.3 is 0 Å². The highest BCUT2D eigenvalue weighted by Crippen LogP contribution is 2.16. The molecule has 0 radical (unpaired) electrons. The van der Waals surface area contributed by atoms with Crippen molar-refractivity contribution in [1.29, 1.82) is 0 Å². The van der Waals surface area contributed by atoms with Crippen molar-refractivity contribution >= 4 is 17.7 Å². The van der Waals surface area contributed by atoms with Gasteiger partial charge in [0.25, 0.3) is 0 Å². The highest BCUT2D eigenvalue weighted by molar-refractivity contribution is 8.05. The fraction of sp³-hybridized carbons (Fsp3) is 0.286. The third-order valence-electron chi connectivity index (χ3n) is 0.887. The molecule has 0 saturated heterocycles. The minimum absolute atomic E-state index is 0.0145. The molecule has 0 spiro atoms. The van der Waals surface area contributed by atoms with Gasteiger partial charge in [-0.3, -0.25) is 4.79 Å². The lowest BCUT2D eigenvalue weighted by atomic mass is 10.4. The maximum absolute atomic E-state index is 10.7. The highest BCUT2D eigenvalue weighted by atomic mass is 32.2. The Morgan fingerprint density at radius 2 is 2.40 bits per heavy atom. The topological polar surface area (TPSA) is 29.1 Å². The summed E-state index contributed by atoms with van der Waals surface area (Å²) < 4.78 is 0. The van der Waals surface area contributed by atoms with Crippen LogP contribution in [-0.4, -0.2) is 13.0 Å². The molecule has 0 aliphatic heterocycles. The van der Waals surface area contributed by atoms with E-state index in [2.05, 4.69) is 18.5 Å². The van der Waals surface area contributed by atoms with Gasteiger partial charge in [0.05, 0.1) is 6.42 Å². The van der Waals surface area contributed by atoms with Gasteiger partial charge in [-0.2, -0.15) is 0 Å². The summed E-state index contributed by atoms with van der Waals surface area (Å²) in [5.74, 6) is -0.0145. The summed E-state index contributed by atoms with van der Waals surface area (Å²) >= 11 is 1.38. The smallest absolute Gasteiger partial charge is 0.224 e. The van der Waals surface area contributed by atoms with Gasteiger partial charge in [0, 0.05) is 7.05 Å². The number of amides is 1. The Hall–Kier alpha value is -0.700. The van der Waals surface area contributed by atoms with Gasteiger partial charge in [-0.05, 0) is 10.3 Å². The number of rotatable bonds is 4. The van der Waals surface area contributed by atoms with Crippen molar-refractivity contribution in [3.8, 4) is 0 Å². The first kappa shape index (κ1) is 9.30. The molecule has 0 rings (SSSR count). The lowest BCUT2D eigenvalue weighted by molar-refractivity contribution is -0.119. The van der Waals surface area contributed by atoms with Gasteiger partial charge in [-0.1, -0.05) is 13.2 Å². The monoisotopic (exact) mass is 157 g/mol. The summed E-state index contributed by atoms with van der Waals surface area (Å²) in [6.45, 7) is 7.17. The molecule has 0 aromatic rings. The van der Waals surface area contributed by atoms with Gasteiger partial charge in [-0.25, -0.2) is 0 Å². The second-order valence-corrected chi connectivity index (χ2v) is 2.82. The van der Waals surface area contributed by atoms with Crippen molar-refractivity contribution in [3.63, 3.8) is 0 Å². The first-order chi connectivity index (χ1) is 4.70. The second kappa shape index (κ2) is 5.11. The Kier molecular flexibility index (Phi) is 4.76. The van der Waals surface area contributed by atoms with Gasteiger partial charge in [0.1, 0.15) is 0 Å². The number of nitrogens with one attached hydrogen (secondary N) is 1. The van der Waals surface area contributed by atoms with E-state index >= 15 is 0 Å². The van der Waals surface area contributed by atoms with Crippen LogP contribution in [0.15, 0.2) is 23.5 Å². The van der Waals surface area contributed by atoms with Crippen molar-refractivity contribution in [2.75, 3.05) is 7.05 Å². The van der Waals surface area contributed by atoms with Crippen LogP contribution in [0.1, 0.15) is 6.42 Å². The van der Waals surface area contributed by atoms with Gasteiger partial charge in [-0.15, -0.1) is 11.8 Å². The van der Waals surface area contributed by atoms with E-state index in [9.17, 15) is 4.79 Å². The molecule has 0 aliphatic rings. The molecule has 0 aliphatic carbocycles. The molecule has 0 bridgehead atoms. The number of thioether (sulfide) groups is 1. The normalized spacial score (nSPS) is 8.50. The summed E-state index contributed by atoms with van der Waals surface area (Å²) in [5.41, 5.74) is 0. The Bertz CT molecular complexity index is 154. The molecule has 0 aromatic heterocycles. The molecular weight excluding hydrogens is 146 g/mol. The van der Waals surface area contributed by atoms with Crippen LogP contribution >= 0.6 is 11.8 Å². The SMILES string of the molecule is C=CSC(=C)CC(=O)NC. The standard InChI is InChI=1S/C7H11NOS/c1-4-10-6(2)5-7(9)8-3/h4H,1-2,5H2,3H3,(H,8,9). The summed E-state index contributed by atoms with van der Waals surface area (Å²) in [6, 6.07) is 0. The van der Waals surface area contributed by atoms with Gasteiger partial charge in [0.2, 0.25) is 5.91 Å². The lowest BCUT2D eigenvalue weighted by Crippen LogP contribution is -2.17. The summed E-state index contributed by atoms with van der Waals surface area (Å²) in [5, 5.41) is 4.16. The zero-order chi connectivity index (χ0) is 7.98. The van der Waals surface area contributed by atoms with Crippen LogP contribution < -0.4 is 5.32 Å². The van der Waals surface area contributed by atoms with Crippen molar-refractivity contribution < 1.29 is 4.79 Å². The minimum Gasteiger partial charge on any atom is -0.359 e. The van der Waals surface area contributed by atoms with E-state index in [1.807, 2.05) is 0 Å². The molecule has 0 atom stereocenters. The van der Waals surface area contributed by atoms with E-state index in [0.29, 0.717) is 6.42 Å². The molecule has 0 unspecified atom stereocenters. The largest absolute Gasteiger partial charge is 0.359 e. The van der Waals surface area contributed by atoms with Crippen LogP contribution in [0.2, 0.25) is 0 Å². The number of carbonyl (C=O) groups excluding carboxylic acids is 1. The van der Waals surface area contributed by atoms with Crippen LogP contribution in [0.25, 0.3) is 0 Å². The first-order valence-corrected chi connectivity index (χ1v) is 3.74. The molecule has 3 heteroatoms. The number of carbonyl (C=O) groups is 1. The molecular formula is C7H11NOS. The van der Waals surface area contributed by atoms with Crippen LogP contribution in [0.4, 0.5) is 0 Å². The molecule has 0 saturated carbocycles. The quantitative estimate of drug-likeness (QED) is 0.670. The Morgan fingerprint density at radius 1 is 1.80 bits per heavy atom. The van der Waals surface area contributed by atoms with Crippen molar-refractivity contribution in [2.24, 2.45) is 0 Å². The third kappa shape index (κ3) is 4.21. The van der Waals surface area contributed by atoms with E-state index in [1.54, 1.807) is 12.5 Å². The van der Waals surface area contributed by atoms with Crippen molar-refractivity contribution in [3.05, 3.63) is 23.5 Å². The highest BCUT2D eigenvalue weighted by Gasteiger charge is 1.99. The molecule has 56 valence electrons. The first-order valence-electron chi connectivity index (χ1n) is 2.86. The van der Waals surface area contributed by atoms with Gasteiger partial charge in [0.15, 0.2) is 0 Å². The van der Waals surface area contributed by atoms with E-state index in [0.717, 1.165) is 4.91 Å². The van der Waals surface area contributed by atoms with Crippen LogP contribution in [-0.2, 0) is 4.79 Å². The predicted octanol–water partition coefficient (Wildman–Crippen LogP) is 1.51. The summed E-state index contributed by atoms with van der Waals surface area (Å²) in [7, 11) is 1.61. The third-order valence-corrected chi connectivity index (χ3v) is 1.53. The molecule has 1 N–H and O–H groups in total. The lowest BCUT2D eigenvalue weighted by Gasteiger charge is -1.98. The Balaban J connectivity index is 3.57. The van der Waals surface area contributed by atoms with Crippen LogP contribution in [0, 0.1) is 0 Å². The minimum atomic E-state index is -0.0145. The number of hydrogen-bond donors (Lipinski definition) is 1. The maximum atomic E-state index is 10.7. The second-order valence-electron chi connectivity index (χ2n) is 1.67. The van der Waals surface area contributed by atoms with Crippen LogP contribution in [0.5, 0.6) is 0 Å². The Labute approximate surface area is 65.4 Å². The molecule has 0 aromatic carbocycles. The molecule has 2 nitrogen and oxygen atoms in total. The van der Waals surface area contributed by atoms with E-state index in [-0.39, 0.29) is 5.91 Å². The van der Waals surface area contributed by atoms with Gasteiger partial charge < -0.3 is 5.32 Å². The van der Waals surface area contributed by atoms with Crippen molar-refractivity contribution in [1.82, 2.24) is 5.32 Å². The fourth-order valence-corrected chi connectivity index (χ4v) is 0.877. The molecule has 1 amide bonds. The number of hydrogen-bond acceptors (Lipinski definition) is 2. The van der Waals surface area contributed by atoms with E-state index in [1.165, 1.54) is 11.8 Å². The van der Waals surface area contributed by atoms with Crippen LogP contribution in [0.3, 0.4) is 0 Å². The van der Waals surface area contributed by atoms with Crippen molar-refractivity contribution in [2.45, 2.75) is 6.42 Å².